The Hall–Kier alpha value is -3.39. The molecule has 0 spiro atoms. The number of amides is 1. The topological polar surface area (TPSA) is 78.3 Å². The molecule has 1 N–H and O–H groups in total. The number of carbonyl (C=O) groups excluding carboxylic acids is 1. The standard InChI is InChI=1S/C19H14N4O3S/c24-18(12-4-1-2-5-14(12)23-7-3-6-20-23)22-19-21-13-10-15-16(11-17(13)27-19)26-9-8-25-15/h1-7,10-11H,8-9H2,(H,21,22,24). The second-order valence-corrected chi connectivity index (χ2v) is 6.94. The van der Waals surface area contributed by atoms with Gasteiger partial charge in [-0.3, -0.25) is 10.1 Å². The van der Waals surface area contributed by atoms with Crippen molar-refractivity contribution in [3.8, 4) is 17.2 Å². The maximum absolute atomic E-state index is 12.8. The van der Waals surface area contributed by atoms with E-state index in [0.717, 1.165) is 10.2 Å². The van der Waals surface area contributed by atoms with E-state index < -0.39 is 0 Å². The first-order chi connectivity index (χ1) is 13.3. The molecular weight excluding hydrogens is 364 g/mol. The summed E-state index contributed by atoms with van der Waals surface area (Å²) in [5.74, 6) is 1.15. The first kappa shape index (κ1) is 15.8. The van der Waals surface area contributed by atoms with E-state index >= 15 is 0 Å². The van der Waals surface area contributed by atoms with Crippen LogP contribution in [0.5, 0.6) is 11.5 Å². The largest absolute Gasteiger partial charge is 0.486 e. The second kappa shape index (κ2) is 6.40. The van der Waals surface area contributed by atoms with Crippen LogP contribution >= 0.6 is 11.3 Å². The zero-order chi connectivity index (χ0) is 18.2. The van der Waals surface area contributed by atoms with Gasteiger partial charge in [0.1, 0.15) is 13.2 Å². The molecule has 3 heterocycles. The molecule has 2 aromatic heterocycles. The number of rotatable bonds is 3. The first-order valence-corrected chi connectivity index (χ1v) is 9.20. The number of para-hydroxylation sites is 1. The zero-order valence-electron chi connectivity index (χ0n) is 14.1. The van der Waals surface area contributed by atoms with E-state index in [1.807, 2.05) is 36.4 Å². The van der Waals surface area contributed by atoms with Gasteiger partial charge in [0.2, 0.25) is 0 Å². The Morgan fingerprint density at radius 3 is 2.74 bits per heavy atom. The van der Waals surface area contributed by atoms with Crippen molar-refractivity contribution in [3.63, 3.8) is 0 Å². The van der Waals surface area contributed by atoms with Crippen LogP contribution in [0.25, 0.3) is 15.9 Å². The highest BCUT2D eigenvalue weighted by Gasteiger charge is 2.18. The van der Waals surface area contributed by atoms with Crippen molar-refractivity contribution in [3.05, 3.63) is 60.4 Å². The molecule has 1 amide bonds. The highest BCUT2D eigenvalue weighted by Crippen LogP contribution is 2.38. The smallest absolute Gasteiger partial charge is 0.259 e. The summed E-state index contributed by atoms with van der Waals surface area (Å²) < 4.78 is 13.8. The molecular formula is C19H14N4O3S. The molecule has 1 aliphatic heterocycles. The fourth-order valence-electron chi connectivity index (χ4n) is 2.96. The number of carbonyl (C=O) groups is 1. The van der Waals surface area contributed by atoms with E-state index in [-0.39, 0.29) is 5.91 Å². The molecule has 0 saturated heterocycles. The van der Waals surface area contributed by atoms with Crippen LogP contribution in [-0.4, -0.2) is 33.9 Å². The molecule has 27 heavy (non-hydrogen) atoms. The minimum atomic E-state index is -0.239. The molecule has 1 aliphatic rings. The number of hydrogen-bond acceptors (Lipinski definition) is 6. The van der Waals surface area contributed by atoms with Gasteiger partial charge in [-0.1, -0.05) is 23.5 Å². The number of ether oxygens (including phenoxy) is 2. The summed E-state index contributed by atoms with van der Waals surface area (Å²) in [5.41, 5.74) is 1.99. The highest BCUT2D eigenvalue weighted by molar-refractivity contribution is 7.22. The minimum absolute atomic E-state index is 0.239. The van der Waals surface area contributed by atoms with Crippen LogP contribution in [0.3, 0.4) is 0 Å². The fourth-order valence-corrected chi connectivity index (χ4v) is 3.83. The van der Waals surface area contributed by atoms with Crippen LogP contribution in [0.1, 0.15) is 10.4 Å². The van der Waals surface area contributed by atoms with Crippen LogP contribution in [-0.2, 0) is 0 Å². The lowest BCUT2D eigenvalue weighted by molar-refractivity contribution is 0.102. The molecule has 7 nitrogen and oxygen atoms in total. The number of anilines is 1. The Balaban J connectivity index is 1.46. The van der Waals surface area contributed by atoms with Crippen LogP contribution < -0.4 is 14.8 Å². The van der Waals surface area contributed by atoms with Gasteiger partial charge in [-0.25, -0.2) is 9.67 Å². The van der Waals surface area contributed by atoms with E-state index in [1.54, 1.807) is 23.1 Å². The zero-order valence-corrected chi connectivity index (χ0v) is 14.9. The number of fused-ring (bicyclic) bond motifs is 2. The molecule has 0 aliphatic carbocycles. The third-order valence-electron chi connectivity index (χ3n) is 4.17. The van der Waals surface area contributed by atoms with Crippen molar-refractivity contribution in [2.75, 3.05) is 18.5 Å². The van der Waals surface area contributed by atoms with Gasteiger partial charge in [-0.05, 0) is 18.2 Å². The first-order valence-electron chi connectivity index (χ1n) is 8.38. The fraction of sp³-hybridized carbons (Fsp3) is 0.105. The maximum atomic E-state index is 12.8. The summed E-state index contributed by atoms with van der Waals surface area (Å²) in [4.78, 5) is 17.3. The molecule has 0 unspecified atom stereocenters. The van der Waals surface area contributed by atoms with Gasteiger partial charge in [0.05, 0.1) is 21.5 Å². The molecule has 4 aromatic rings. The number of thiazole rings is 1. The average molecular weight is 378 g/mol. The van der Waals surface area contributed by atoms with Gasteiger partial charge >= 0.3 is 0 Å². The van der Waals surface area contributed by atoms with E-state index in [1.165, 1.54) is 11.3 Å². The molecule has 0 radical (unpaired) electrons. The van der Waals surface area contributed by atoms with Gasteiger partial charge in [-0.2, -0.15) is 5.10 Å². The summed E-state index contributed by atoms with van der Waals surface area (Å²) >= 11 is 1.40. The second-order valence-electron chi connectivity index (χ2n) is 5.90. The van der Waals surface area contributed by atoms with Crippen LogP contribution in [0.15, 0.2) is 54.9 Å². The normalized spacial score (nSPS) is 12.9. The predicted octanol–water partition coefficient (Wildman–Crippen LogP) is 3.51. The minimum Gasteiger partial charge on any atom is -0.486 e. The number of nitrogens with zero attached hydrogens (tertiary/aromatic N) is 3. The van der Waals surface area contributed by atoms with E-state index in [4.69, 9.17) is 9.47 Å². The van der Waals surface area contributed by atoms with E-state index in [9.17, 15) is 4.79 Å². The molecule has 134 valence electrons. The number of nitrogens with one attached hydrogen (secondary N) is 1. The summed E-state index contributed by atoms with van der Waals surface area (Å²) in [5, 5.41) is 7.62. The Labute approximate surface area is 158 Å². The third kappa shape index (κ3) is 2.89. The van der Waals surface area contributed by atoms with E-state index in [2.05, 4.69) is 15.4 Å². The van der Waals surface area contributed by atoms with Gasteiger partial charge in [0, 0.05) is 24.5 Å². The number of aromatic nitrogens is 3. The average Bonchev–Trinajstić information content (AvgIpc) is 3.35. The van der Waals surface area contributed by atoms with Gasteiger partial charge in [-0.15, -0.1) is 0 Å². The third-order valence-corrected chi connectivity index (χ3v) is 5.11. The predicted molar refractivity (Wildman–Crippen MR) is 102 cm³/mol. The summed E-state index contributed by atoms with van der Waals surface area (Å²) in [7, 11) is 0. The maximum Gasteiger partial charge on any atom is 0.259 e. The molecule has 0 atom stereocenters. The van der Waals surface area contributed by atoms with Crippen molar-refractivity contribution in [2.24, 2.45) is 0 Å². The summed E-state index contributed by atoms with van der Waals surface area (Å²) in [6.45, 7) is 1.06. The number of benzene rings is 2. The molecule has 0 saturated carbocycles. The van der Waals surface area contributed by atoms with E-state index in [0.29, 0.717) is 41.1 Å². The summed E-state index contributed by atoms with van der Waals surface area (Å²) in [6, 6.07) is 12.9. The monoisotopic (exact) mass is 378 g/mol. The molecule has 0 fully saturated rings. The van der Waals surface area contributed by atoms with Crippen molar-refractivity contribution >= 4 is 32.6 Å². The molecule has 2 aromatic carbocycles. The van der Waals surface area contributed by atoms with Crippen LogP contribution in [0.2, 0.25) is 0 Å². The molecule has 5 rings (SSSR count). The highest BCUT2D eigenvalue weighted by atomic mass is 32.1. The van der Waals surface area contributed by atoms with Crippen molar-refractivity contribution in [1.29, 1.82) is 0 Å². The Morgan fingerprint density at radius 1 is 1.11 bits per heavy atom. The van der Waals surface area contributed by atoms with Crippen molar-refractivity contribution in [1.82, 2.24) is 14.8 Å². The van der Waals surface area contributed by atoms with Crippen LogP contribution in [0.4, 0.5) is 5.13 Å². The summed E-state index contributed by atoms with van der Waals surface area (Å²) in [6.07, 6.45) is 3.47. The van der Waals surface area contributed by atoms with Gasteiger partial charge < -0.3 is 9.47 Å². The Bertz CT molecular complexity index is 1090. The lowest BCUT2D eigenvalue weighted by atomic mass is 10.1. The molecule has 0 bridgehead atoms. The SMILES string of the molecule is O=C(Nc1nc2cc3c(cc2s1)OCCO3)c1ccccc1-n1cccn1. The Morgan fingerprint density at radius 2 is 1.93 bits per heavy atom. The van der Waals surface area contributed by atoms with Crippen molar-refractivity contribution in [2.45, 2.75) is 0 Å². The Kier molecular flexibility index (Phi) is 3.75. The quantitative estimate of drug-likeness (QED) is 0.590. The molecule has 8 heteroatoms. The van der Waals surface area contributed by atoms with Crippen molar-refractivity contribution < 1.29 is 14.3 Å². The van der Waals surface area contributed by atoms with Crippen LogP contribution in [0, 0.1) is 0 Å². The van der Waals surface area contributed by atoms with Gasteiger partial charge in [0.15, 0.2) is 16.6 Å². The van der Waals surface area contributed by atoms with Gasteiger partial charge in [0.25, 0.3) is 5.91 Å². The lowest BCUT2D eigenvalue weighted by Gasteiger charge is -2.17. The number of hydrogen-bond donors (Lipinski definition) is 1. The lowest BCUT2D eigenvalue weighted by Crippen LogP contribution is -2.15.